The van der Waals surface area contributed by atoms with E-state index in [0.29, 0.717) is 6.42 Å². The van der Waals surface area contributed by atoms with Gasteiger partial charge in [-0.3, -0.25) is 4.79 Å². The highest BCUT2D eigenvalue weighted by atomic mass is 16.1. The molecule has 0 unspecified atom stereocenters. The molecule has 21 heavy (non-hydrogen) atoms. The first-order chi connectivity index (χ1) is 10.3. The largest absolute Gasteiger partial charge is 0.356 e. The van der Waals surface area contributed by atoms with Gasteiger partial charge in [0.1, 0.15) is 0 Å². The zero-order valence-electron chi connectivity index (χ0n) is 14.3. The van der Waals surface area contributed by atoms with Crippen molar-refractivity contribution in [3.63, 3.8) is 0 Å². The Balaban J connectivity index is 3.13. The van der Waals surface area contributed by atoms with Crippen LogP contribution in [-0.2, 0) is 4.79 Å². The van der Waals surface area contributed by atoms with Crippen LogP contribution in [0.2, 0.25) is 0 Å². The van der Waals surface area contributed by atoms with E-state index in [2.05, 4.69) is 24.1 Å². The highest BCUT2D eigenvalue weighted by molar-refractivity contribution is 5.75. The monoisotopic (exact) mass is 293 g/mol. The first-order valence-electron chi connectivity index (χ1n) is 8.97. The molecule has 0 radical (unpaired) electrons. The van der Waals surface area contributed by atoms with E-state index < -0.39 is 0 Å². The summed E-state index contributed by atoms with van der Waals surface area (Å²) in [6.45, 7) is 4.94. The summed E-state index contributed by atoms with van der Waals surface area (Å²) >= 11 is 0. The van der Waals surface area contributed by atoms with E-state index >= 15 is 0 Å². The summed E-state index contributed by atoms with van der Waals surface area (Å²) in [4.78, 5) is 11.5. The van der Waals surface area contributed by atoms with Crippen molar-refractivity contribution < 1.29 is 4.79 Å². The highest BCUT2D eigenvalue weighted by Crippen LogP contribution is 2.10. The molecule has 0 atom stereocenters. The second-order valence-corrected chi connectivity index (χ2v) is 5.81. The van der Waals surface area contributed by atoms with Crippen molar-refractivity contribution in [1.82, 2.24) is 5.32 Å². The van der Waals surface area contributed by atoms with Crippen molar-refractivity contribution in [2.75, 3.05) is 6.54 Å². The molecular weight excluding hydrogens is 258 g/mol. The van der Waals surface area contributed by atoms with Crippen molar-refractivity contribution >= 4 is 5.91 Å². The Morgan fingerprint density at radius 2 is 1.43 bits per heavy atom. The minimum absolute atomic E-state index is 0.184. The van der Waals surface area contributed by atoms with E-state index in [0.717, 1.165) is 25.8 Å². The lowest BCUT2D eigenvalue weighted by Gasteiger charge is -2.05. The van der Waals surface area contributed by atoms with Crippen LogP contribution in [0.5, 0.6) is 0 Å². The summed E-state index contributed by atoms with van der Waals surface area (Å²) in [5.74, 6) is 6.02. The number of unbranched alkanes of at least 4 members (excludes halogenated alkanes) is 10. The van der Waals surface area contributed by atoms with Gasteiger partial charge in [-0.1, -0.05) is 64.7 Å². The summed E-state index contributed by atoms with van der Waals surface area (Å²) in [6, 6.07) is 0. The van der Waals surface area contributed by atoms with Crippen LogP contribution in [0.3, 0.4) is 0 Å². The molecular formula is C19H35NO. The Morgan fingerprint density at radius 3 is 2.00 bits per heavy atom. The maximum Gasteiger partial charge on any atom is 0.220 e. The maximum atomic E-state index is 11.5. The fraction of sp³-hybridized carbons (Fsp3) is 0.842. The molecule has 0 bridgehead atoms. The molecule has 0 saturated carbocycles. The van der Waals surface area contributed by atoms with Gasteiger partial charge in [-0.2, -0.15) is 0 Å². The molecule has 0 aliphatic heterocycles. The highest BCUT2D eigenvalue weighted by Gasteiger charge is 1.99. The molecule has 0 aromatic carbocycles. The molecule has 0 spiro atoms. The zero-order valence-corrected chi connectivity index (χ0v) is 14.3. The average Bonchev–Trinajstić information content (AvgIpc) is 2.49. The molecule has 1 amide bonds. The van der Waals surface area contributed by atoms with Gasteiger partial charge in [-0.15, -0.1) is 11.8 Å². The van der Waals surface area contributed by atoms with Crippen LogP contribution in [0.15, 0.2) is 0 Å². The van der Waals surface area contributed by atoms with Crippen LogP contribution < -0.4 is 5.32 Å². The molecule has 1 N–H and O–H groups in total. The molecule has 0 fully saturated rings. The molecule has 0 aliphatic carbocycles. The van der Waals surface area contributed by atoms with Gasteiger partial charge in [0.25, 0.3) is 0 Å². The van der Waals surface area contributed by atoms with E-state index in [-0.39, 0.29) is 5.91 Å². The van der Waals surface area contributed by atoms with Crippen LogP contribution >= 0.6 is 0 Å². The fourth-order valence-electron chi connectivity index (χ4n) is 2.39. The number of carbonyl (C=O) groups is 1. The second-order valence-electron chi connectivity index (χ2n) is 5.81. The molecule has 122 valence electrons. The lowest BCUT2D eigenvalue weighted by atomic mass is 10.1. The van der Waals surface area contributed by atoms with E-state index in [1.165, 1.54) is 57.8 Å². The summed E-state index contributed by atoms with van der Waals surface area (Å²) in [7, 11) is 0. The molecule has 0 aromatic heterocycles. The van der Waals surface area contributed by atoms with Gasteiger partial charge < -0.3 is 5.32 Å². The Labute approximate surface area is 132 Å². The number of rotatable bonds is 14. The van der Waals surface area contributed by atoms with E-state index in [4.69, 9.17) is 0 Å². The summed E-state index contributed by atoms with van der Waals surface area (Å²) < 4.78 is 0. The smallest absolute Gasteiger partial charge is 0.220 e. The van der Waals surface area contributed by atoms with Crippen molar-refractivity contribution in [2.24, 2.45) is 0 Å². The lowest BCUT2D eigenvalue weighted by molar-refractivity contribution is -0.121. The predicted octanol–water partition coefficient (Wildman–Crippen LogP) is 5.22. The summed E-state index contributed by atoms with van der Waals surface area (Å²) in [5.41, 5.74) is 0. The van der Waals surface area contributed by atoms with Gasteiger partial charge >= 0.3 is 0 Å². The third-order valence-electron chi connectivity index (χ3n) is 3.73. The quantitative estimate of drug-likeness (QED) is 0.345. The number of hydrogen-bond donors (Lipinski definition) is 1. The molecule has 0 aromatic rings. The van der Waals surface area contributed by atoms with Gasteiger partial charge in [-0.05, 0) is 19.8 Å². The number of nitrogens with one attached hydrogen (secondary N) is 1. The molecule has 0 rings (SSSR count). The number of hydrogen-bond acceptors (Lipinski definition) is 1. The third-order valence-corrected chi connectivity index (χ3v) is 3.73. The summed E-state index contributed by atoms with van der Waals surface area (Å²) in [6.07, 6.45) is 15.7. The van der Waals surface area contributed by atoms with Crippen LogP contribution in [-0.4, -0.2) is 12.5 Å². The van der Waals surface area contributed by atoms with Gasteiger partial charge in [-0.25, -0.2) is 0 Å². The van der Waals surface area contributed by atoms with Crippen LogP contribution in [0.1, 0.15) is 97.3 Å². The zero-order chi connectivity index (χ0) is 15.6. The third kappa shape index (κ3) is 17.0. The molecule has 0 heterocycles. The predicted molar refractivity (Wildman–Crippen MR) is 92.2 cm³/mol. The maximum absolute atomic E-state index is 11.5. The normalized spacial score (nSPS) is 10.0. The number of carbonyl (C=O) groups excluding carboxylic acids is 1. The summed E-state index contributed by atoms with van der Waals surface area (Å²) in [5, 5.41) is 3.00. The van der Waals surface area contributed by atoms with Crippen molar-refractivity contribution in [3.05, 3.63) is 0 Å². The van der Waals surface area contributed by atoms with Gasteiger partial charge in [0.15, 0.2) is 0 Å². The number of amides is 1. The van der Waals surface area contributed by atoms with Crippen LogP contribution in [0, 0.1) is 11.8 Å². The van der Waals surface area contributed by atoms with Gasteiger partial charge in [0, 0.05) is 19.4 Å². The molecule has 2 heteroatoms. The Kier molecular flexibility index (Phi) is 16.3. The minimum atomic E-state index is 0.184. The standard InChI is InChI=1S/C19H35NO/c1-3-5-7-9-10-11-12-13-14-16-18-20-19(21)17-15-8-6-4-2/h3,5,7-18H2,1-2H3,(H,20,21). The fourth-order valence-corrected chi connectivity index (χ4v) is 2.39. The molecule has 0 saturated heterocycles. The Hall–Kier alpha value is -0.970. The van der Waals surface area contributed by atoms with E-state index in [1.807, 2.05) is 6.92 Å². The Bertz CT molecular complexity index is 288. The first kappa shape index (κ1) is 20.0. The SMILES string of the molecule is CC#CCCCC(=O)NCCCCCCCCCCCC. The molecule has 0 aliphatic rings. The van der Waals surface area contributed by atoms with Crippen molar-refractivity contribution in [2.45, 2.75) is 97.3 Å². The topological polar surface area (TPSA) is 29.1 Å². The molecule has 2 nitrogen and oxygen atoms in total. The second kappa shape index (κ2) is 17.1. The minimum Gasteiger partial charge on any atom is -0.356 e. The van der Waals surface area contributed by atoms with E-state index in [9.17, 15) is 4.79 Å². The van der Waals surface area contributed by atoms with Crippen molar-refractivity contribution in [1.29, 1.82) is 0 Å². The van der Waals surface area contributed by atoms with Gasteiger partial charge in [0.2, 0.25) is 5.91 Å². The van der Waals surface area contributed by atoms with Crippen LogP contribution in [0.4, 0.5) is 0 Å². The lowest BCUT2D eigenvalue weighted by Crippen LogP contribution is -2.23. The Morgan fingerprint density at radius 1 is 0.857 bits per heavy atom. The average molecular weight is 293 g/mol. The van der Waals surface area contributed by atoms with Gasteiger partial charge in [0.05, 0.1) is 0 Å². The first-order valence-corrected chi connectivity index (χ1v) is 8.97. The van der Waals surface area contributed by atoms with Crippen LogP contribution in [0.25, 0.3) is 0 Å². The van der Waals surface area contributed by atoms with Crippen molar-refractivity contribution in [3.8, 4) is 11.8 Å². The van der Waals surface area contributed by atoms with E-state index in [1.54, 1.807) is 0 Å².